The summed E-state index contributed by atoms with van der Waals surface area (Å²) in [5.41, 5.74) is 1.37. The van der Waals surface area contributed by atoms with Gasteiger partial charge in [0.05, 0.1) is 0 Å². The molecule has 0 aliphatic carbocycles. The lowest BCUT2D eigenvalue weighted by Crippen LogP contribution is -2.31. The summed E-state index contributed by atoms with van der Waals surface area (Å²) in [7, 11) is 0. The molecular weight excluding hydrogens is 276 g/mol. The quantitative estimate of drug-likeness (QED) is 0.926. The van der Waals surface area contributed by atoms with Gasteiger partial charge in [-0.15, -0.1) is 0 Å². The molecule has 22 heavy (non-hydrogen) atoms. The van der Waals surface area contributed by atoms with E-state index in [1.807, 2.05) is 23.1 Å². The van der Waals surface area contributed by atoms with E-state index in [4.69, 9.17) is 0 Å². The van der Waals surface area contributed by atoms with Gasteiger partial charge in [0.15, 0.2) is 0 Å². The molecular formula is C18H20N2O2. The summed E-state index contributed by atoms with van der Waals surface area (Å²) in [6, 6.07) is 15.0. The number of benzene rings is 1. The Morgan fingerprint density at radius 3 is 2.55 bits per heavy atom. The number of pyridine rings is 1. The molecule has 1 saturated heterocycles. The van der Waals surface area contributed by atoms with Crippen molar-refractivity contribution in [3.05, 3.63) is 70.1 Å². The van der Waals surface area contributed by atoms with Gasteiger partial charge >= 0.3 is 0 Å². The zero-order chi connectivity index (χ0) is 15.7. The number of carbonyl (C=O) groups excluding carboxylic acids is 1. The Hall–Kier alpha value is -2.36. The van der Waals surface area contributed by atoms with E-state index in [1.165, 1.54) is 11.6 Å². The molecule has 0 radical (unpaired) electrons. The molecule has 1 fully saturated rings. The summed E-state index contributed by atoms with van der Waals surface area (Å²) in [5.74, 6) is 0.192. The van der Waals surface area contributed by atoms with E-state index >= 15 is 0 Å². The molecule has 0 bridgehead atoms. The number of nitrogens with zero attached hydrogens (tertiary/aromatic N) is 1. The second-order valence-electron chi connectivity index (χ2n) is 6.57. The fourth-order valence-corrected chi connectivity index (χ4v) is 3.27. The van der Waals surface area contributed by atoms with Gasteiger partial charge in [-0.25, -0.2) is 0 Å². The standard InChI is InChI=1S/C18H20N2O2/c1-18(2)12-20(11-14(18)13-7-4-3-5-8-13)17(22)15-9-6-10-16(21)19-15/h3-10,14H,11-12H2,1-2H3,(H,19,21)/t14-/m0/s1. The SMILES string of the molecule is CC1(C)CN(C(=O)c2cccc(=O)[nH]2)C[C@H]1c1ccccc1. The van der Waals surface area contributed by atoms with Gasteiger partial charge in [0, 0.05) is 25.1 Å². The van der Waals surface area contributed by atoms with Gasteiger partial charge in [-0.2, -0.15) is 0 Å². The van der Waals surface area contributed by atoms with Gasteiger partial charge in [-0.1, -0.05) is 50.2 Å². The Bertz CT molecular complexity index is 734. The Morgan fingerprint density at radius 1 is 1.14 bits per heavy atom. The number of carbonyl (C=O) groups is 1. The highest BCUT2D eigenvalue weighted by Gasteiger charge is 2.42. The number of rotatable bonds is 2. The summed E-state index contributed by atoms with van der Waals surface area (Å²) in [6.07, 6.45) is 0. The summed E-state index contributed by atoms with van der Waals surface area (Å²) in [6.45, 7) is 5.73. The number of aromatic nitrogens is 1. The van der Waals surface area contributed by atoms with Crippen molar-refractivity contribution in [1.29, 1.82) is 0 Å². The average Bonchev–Trinajstić information content (AvgIpc) is 2.83. The number of amides is 1. The van der Waals surface area contributed by atoms with Crippen molar-refractivity contribution in [2.24, 2.45) is 5.41 Å². The molecule has 1 aromatic carbocycles. The van der Waals surface area contributed by atoms with E-state index in [2.05, 4.69) is 31.0 Å². The fraction of sp³-hybridized carbons (Fsp3) is 0.333. The zero-order valence-corrected chi connectivity index (χ0v) is 12.9. The van der Waals surface area contributed by atoms with Crippen LogP contribution in [0.5, 0.6) is 0 Å². The van der Waals surface area contributed by atoms with Crippen LogP contribution in [0.25, 0.3) is 0 Å². The van der Waals surface area contributed by atoms with Crippen LogP contribution in [-0.4, -0.2) is 28.9 Å². The molecule has 4 nitrogen and oxygen atoms in total. The Morgan fingerprint density at radius 2 is 1.86 bits per heavy atom. The van der Waals surface area contributed by atoms with Crippen LogP contribution < -0.4 is 5.56 Å². The van der Waals surface area contributed by atoms with Crippen LogP contribution in [0.3, 0.4) is 0 Å². The first-order chi connectivity index (χ1) is 10.5. The van der Waals surface area contributed by atoms with Crippen molar-refractivity contribution < 1.29 is 4.79 Å². The van der Waals surface area contributed by atoms with Crippen LogP contribution in [0.1, 0.15) is 35.8 Å². The second-order valence-corrected chi connectivity index (χ2v) is 6.57. The Labute approximate surface area is 129 Å². The number of H-pyrrole nitrogens is 1. The minimum atomic E-state index is -0.246. The van der Waals surface area contributed by atoms with E-state index < -0.39 is 0 Å². The first kappa shape index (κ1) is 14.6. The molecule has 4 heteroatoms. The van der Waals surface area contributed by atoms with Crippen LogP contribution in [0, 0.1) is 5.41 Å². The van der Waals surface area contributed by atoms with Crippen molar-refractivity contribution >= 4 is 5.91 Å². The predicted octanol–water partition coefficient (Wildman–Crippen LogP) is 2.64. The largest absolute Gasteiger partial charge is 0.336 e. The normalized spacial score (nSPS) is 20.1. The molecule has 0 spiro atoms. The highest BCUT2D eigenvalue weighted by atomic mass is 16.2. The lowest BCUT2D eigenvalue weighted by atomic mass is 9.78. The van der Waals surface area contributed by atoms with E-state index in [0.29, 0.717) is 24.7 Å². The third kappa shape index (κ3) is 2.69. The minimum Gasteiger partial charge on any atom is -0.336 e. The van der Waals surface area contributed by atoms with Gasteiger partial charge in [-0.05, 0) is 17.0 Å². The monoisotopic (exact) mass is 296 g/mol. The molecule has 1 aliphatic heterocycles. The van der Waals surface area contributed by atoms with Crippen LogP contribution in [0.15, 0.2) is 53.3 Å². The Balaban J connectivity index is 1.86. The topological polar surface area (TPSA) is 53.2 Å². The third-order valence-electron chi connectivity index (χ3n) is 4.43. The second kappa shape index (κ2) is 5.44. The predicted molar refractivity (Wildman–Crippen MR) is 85.9 cm³/mol. The highest BCUT2D eigenvalue weighted by Crippen LogP contribution is 2.42. The van der Waals surface area contributed by atoms with Gasteiger partial charge < -0.3 is 9.88 Å². The van der Waals surface area contributed by atoms with Crippen molar-refractivity contribution in [3.63, 3.8) is 0 Å². The number of hydrogen-bond acceptors (Lipinski definition) is 2. The van der Waals surface area contributed by atoms with Crippen LogP contribution >= 0.6 is 0 Å². The molecule has 0 saturated carbocycles. The molecule has 3 rings (SSSR count). The molecule has 0 unspecified atom stereocenters. The van der Waals surface area contributed by atoms with Gasteiger partial charge in [0.25, 0.3) is 5.91 Å². The van der Waals surface area contributed by atoms with Crippen molar-refractivity contribution in [3.8, 4) is 0 Å². The fourth-order valence-electron chi connectivity index (χ4n) is 3.27. The maximum atomic E-state index is 12.6. The number of likely N-dealkylation sites (tertiary alicyclic amines) is 1. The van der Waals surface area contributed by atoms with E-state index in [1.54, 1.807) is 12.1 Å². The number of aromatic amines is 1. The van der Waals surface area contributed by atoms with E-state index in [0.717, 1.165) is 0 Å². The van der Waals surface area contributed by atoms with Gasteiger partial charge in [0.2, 0.25) is 5.56 Å². The first-order valence-electron chi connectivity index (χ1n) is 7.51. The summed E-state index contributed by atoms with van der Waals surface area (Å²) in [4.78, 5) is 28.5. The average molecular weight is 296 g/mol. The van der Waals surface area contributed by atoms with Crippen LogP contribution in [0.4, 0.5) is 0 Å². The molecule has 1 aliphatic rings. The maximum absolute atomic E-state index is 12.6. The Kier molecular flexibility index (Phi) is 3.61. The molecule has 2 aromatic rings. The molecule has 1 aromatic heterocycles. The van der Waals surface area contributed by atoms with Crippen LogP contribution in [-0.2, 0) is 0 Å². The minimum absolute atomic E-state index is 0.00604. The molecule has 1 amide bonds. The summed E-state index contributed by atoms with van der Waals surface area (Å²) < 4.78 is 0. The first-order valence-corrected chi connectivity index (χ1v) is 7.51. The van der Waals surface area contributed by atoms with Crippen molar-refractivity contribution in [1.82, 2.24) is 9.88 Å². The van der Waals surface area contributed by atoms with Crippen molar-refractivity contribution in [2.45, 2.75) is 19.8 Å². The van der Waals surface area contributed by atoms with Gasteiger partial charge in [0.1, 0.15) is 5.69 Å². The highest BCUT2D eigenvalue weighted by molar-refractivity contribution is 5.92. The van der Waals surface area contributed by atoms with Crippen LogP contribution in [0.2, 0.25) is 0 Å². The summed E-state index contributed by atoms with van der Waals surface area (Å²) >= 11 is 0. The lowest BCUT2D eigenvalue weighted by Gasteiger charge is -2.25. The molecule has 1 N–H and O–H groups in total. The third-order valence-corrected chi connectivity index (χ3v) is 4.43. The number of hydrogen-bond donors (Lipinski definition) is 1. The van der Waals surface area contributed by atoms with Gasteiger partial charge in [-0.3, -0.25) is 9.59 Å². The molecule has 1 atom stereocenters. The smallest absolute Gasteiger partial charge is 0.270 e. The van der Waals surface area contributed by atoms with E-state index in [-0.39, 0.29) is 16.9 Å². The van der Waals surface area contributed by atoms with E-state index in [9.17, 15) is 9.59 Å². The zero-order valence-electron chi connectivity index (χ0n) is 12.9. The van der Waals surface area contributed by atoms with Crippen molar-refractivity contribution in [2.75, 3.05) is 13.1 Å². The lowest BCUT2D eigenvalue weighted by molar-refractivity contribution is 0.0772. The number of nitrogens with one attached hydrogen (secondary N) is 1. The maximum Gasteiger partial charge on any atom is 0.270 e. The summed E-state index contributed by atoms with van der Waals surface area (Å²) in [5, 5.41) is 0. The molecule has 2 heterocycles. The molecule has 114 valence electrons.